The first kappa shape index (κ1) is 57.1. The highest BCUT2D eigenvalue weighted by Crippen LogP contribution is 2.34. The SMILES string of the molecule is CN[C@@H](C)C(=O)NC(C(=O)N1C[C@@H](NC(=O)CCCN(C(=O)[C@@H]2Cc3ccccc3CN2C(=O)[C@@H](NC(=O)[C@H](C)NC)C(C)(C)C)[C@H](C)c2ccccc2F)C[C@H]1C(=O)N[C@@H]1CCCc2ccccc21)C(C)(C)C. The molecule has 2 heterocycles. The predicted octanol–water partition coefficient (Wildman–Crippen LogP) is 5.01. The van der Waals surface area contributed by atoms with Crippen LogP contribution in [0.3, 0.4) is 0 Å². The number of hydrogen-bond donors (Lipinski definition) is 6. The summed E-state index contributed by atoms with van der Waals surface area (Å²) in [4.78, 5) is 105. The van der Waals surface area contributed by atoms with Crippen LogP contribution < -0.4 is 31.9 Å². The van der Waals surface area contributed by atoms with Gasteiger partial charge in [0, 0.05) is 44.1 Å². The molecule has 3 aromatic rings. The summed E-state index contributed by atoms with van der Waals surface area (Å²) in [6.45, 7) is 16.4. The largest absolute Gasteiger partial charge is 0.351 e. The molecule has 9 atom stereocenters. The standard InChI is InChI=1S/C57H80FN9O7/c1-34(59-10)50(69)63-48(56(4,5)6)54(73)66-32-39-22-13-12-21-38(39)30-46(66)53(72)65(36(3)41-24-16-17-26-43(41)58)29-19-28-47(68)61-40-31-45(52(71)62-44-27-18-23-37-20-14-15-25-42(37)44)67(33-40)55(74)49(57(7,8)9)64-51(70)35(2)60-11/h12-17,20-22,24-26,34-36,40,44-46,48-49,59-60H,18-19,23,27-33H2,1-11H3,(H,61,68)(H,62,71)(H,63,69)(H,64,70)/t34-,35-,36+,40-,44+,45-,46-,48+,49?/m0/s1. The van der Waals surface area contributed by atoms with Gasteiger partial charge in [-0.3, -0.25) is 33.6 Å². The van der Waals surface area contributed by atoms with Crippen molar-refractivity contribution < 1.29 is 38.0 Å². The lowest BCUT2D eigenvalue weighted by Crippen LogP contribution is -2.62. The first-order valence-electron chi connectivity index (χ1n) is 26.3. The third kappa shape index (κ3) is 13.5. The Kier molecular flexibility index (Phi) is 18.8. The summed E-state index contributed by atoms with van der Waals surface area (Å²) in [6, 6.07) is 15.0. The Morgan fingerprint density at radius 2 is 1.26 bits per heavy atom. The van der Waals surface area contributed by atoms with E-state index < -0.39 is 82.7 Å². The van der Waals surface area contributed by atoms with Gasteiger partial charge in [-0.2, -0.15) is 0 Å². The molecule has 0 aromatic heterocycles. The fraction of sp³-hybridized carbons (Fsp3) is 0.561. The number of rotatable bonds is 18. The molecule has 3 aromatic carbocycles. The monoisotopic (exact) mass is 1020 g/mol. The molecule has 0 spiro atoms. The highest BCUT2D eigenvalue weighted by Gasteiger charge is 2.47. The van der Waals surface area contributed by atoms with Gasteiger partial charge in [-0.05, 0) is 106 Å². The van der Waals surface area contributed by atoms with Gasteiger partial charge in [0.05, 0.1) is 24.2 Å². The lowest BCUT2D eigenvalue weighted by molar-refractivity contribution is -0.152. The van der Waals surface area contributed by atoms with Crippen molar-refractivity contribution in [2.24, 2.45) is 10.8 Å². The predicted molar refractivity (Wildman–Crippen MR) is 282 cm³/mol. The van der Waals surface area contributed by atoms with Crippen molar-refractivity contribution >= 4 is 41.4 Å². The van der Waals surface area contributed by atoms with E-state index in [9.17, 15) is 28.8 Å². The number of fused-ring (bicyclic) bond motifs is 2. The molecule has 74 heavy (non-hydrogen) atoms. The molecule has 0 bridgehead atoms. The Bertz CT molecular complexity index is 2520. The van der Waals surface area contributed by atoms with Crippen LogP contribution in [0.2, 0.25) is 0 Å². The third-order valence-corrected chi connectivity index (χ3v) is 15.1. The van der Waals surface area contributed by atoms with Crippen molar-refractivity contribution in [1.82, 2.24) is 46.6 Å². The number of aryl methyl sites for hydroxylation is 1. The quantitative estimate of drug-likeness (QED) is 0.101. The van der Waals surface area contributed by atoms with Gasteiger partial charge in [-0.1, -0.05) is 108 Å². The maximum atomic E-state index is 15.6. The van der Waals surface area contributed by atoms with Gasteiger partial charge in [0.25, 0.3) is 0 Å². The van der Waals surface area contributed by atoms with E-state index in [2.05, 4.69) is 38.0 Å². The maximum Gasteiger partial charge on any atom is 0.246 e. The van der Waals surface area contributed by atoms with Crippen molar-refractivity contribution in [3.8, 4) is 0 Å². The van der Waals surface area contributed by atoms with E-state index in [1.165, 1.54) is 20.8 Å². The van der Waals surface area contributed by atoms with Gasteiger partial charge < -0.3 is 46.6 Å². The number of nitrogens with zero attached hydrogens (tertiary/aromatic N) is 3. The van der Waals surface area contributed by atoms with E-state index in [0.29, 0.717) is 0 Å². The zero-order chi connectivity index (χ0) is 54.2. The Morgan fingerprint density at radius 3 is 1.85 bits per heavy atom. The number of benzene rings is 3. The van der Waals surface area contributed by atoms with Crippen molar-refractivity contribution in [3.63, 3.8) is 0 Å². The summed E-state index contributed by atoms with van der Waals surface area (Å²) < 4.78 is 15.6. The lowest BCUT2D eigenvalue weighted by atomic mass is 9.84. The number of nitrogens with one attached hydrogen (secondary N) is 6. The molecule has 6 rings (SSSR count). The number of hydrogen-bond acceptors (Lipinski definition) is 9. The van der Waals surface area contributed by atoms with Gasteiger partial charge in [-0.15, -0.1) is 0 Å². The summed E-state index contributed by atoms with van der Waals surface area (Å²) >= 11 is 0. The van der Waals surface area contributed by atoms with Crippen LogP contribution in [0.15, 0.2) is 72.8 Å². The molecule has 3 aliphatic rings. The zero-order valence-electron chi connectivity index (χ0n) is 45.3. The molecule has 17 heteroatoms. The van der Waals surface area contributed by atoms with E-state index in [0.717, 1.165) is 41.5 Å². The molecule has 6 N–H and O–H groups in total. The van der Waals surface area contributed by atoms with Crippen LogP contribution in [0.25, 0.3) is 0 Å². The molecule has 7 amide bonds. The Balaban J connectivity index is 1.24. The minimum absolute atomic E-state index is 0.0137. The molecule has 0 saturated carbocycles. The van der Waals surface area contributed by atoms with Crippen LogP contribution >= 0.6 is 0 Å². The van der Waals surface area contributed by atoms with Gasteiger partial charge in [0.1, 0.15) is 30.0 Å². The Labute approximate surface area is 437 Å². The normalized spacial score (nSPS) is 20.6. The number of carbonyl (C=O) groups is 7. The van der Waals surface area contributed by atoms with Crippen LogP contribution in [-0.2, 0) is 52.9 Å². The van der Waals surface area contributed by atoms with Gasteiger partial charge in [-0.25, -0.2) is 4.39 Å². The fourth-order valence-electron chi connectivity index (χ4n) is 10.4. The van der Waals surface area contributed by atoms with E-state index in [1.807, 2.05) is 84.0 Å². The van der Waals surface area contributed by atoms with Crippen LogP contribution in [0.4, 0.5) is 4.39 Å². The van der Waals surface area contributed by atoms with Crippen LogP contribution in [0.5, 0.6) is 0 Å². The van der Waals surface area contributed by atoms with Gasteiger partial charge in [0.2, 0.25) is 41.4 Å². The van der Waals surface area contributed by atoms with Crippen molar-refractivity contribution in [1.29, 1.82) is 0 Å². The summed E-state index contributed by atoms with van der Waals surface area (Å²) in [5.74, 6) is -3.27. The molecular weight excluding hydrogens is 942 g/mol. The summed E-state index contributed by atoms with van der Waals surface area (Å²) in [6.07, 6.45) is 2.91. The lowest BCUT2D eigenvalue weighted by Gasteiger charge is -2.43. The average Bonchev–Trinajstić information content (AvgIpc) is 3.80. The molecular formula is C57H80FN9O7. The average molecular weight is 1020 g/mol. The van der Waals surface area contributed by atoms with Crippen molar-refractivity contribution in [2.75, 3.05) is 27.2 Å². The van der Waals surface area contributed by atoms with Crippen molar-refractivity contribution in [2.45, 2.75) is 168 Å². The highest BCUT2D eigenvalue weighted by atomic mass is 19.1. The van der Waals surface area contributed by atoms with E-state index in [1.54, 1.807) is 53.1 Å². The first-order valence-corrected chi connectivity index (χ1v) is 26.3. The zero-order valence-corrected chi connectivity index (χ0v) is 45.3. The number of amides is 7. The second-order valence-electron chi connectivity index (χ2n) is 22.6. The van der Waals surface area contributed by atoms with Crippen molar-refractivity contribution in [3.05, 3.63) is 106 Å². The summed E-state index contributed by atoms with van der Waals surface area (Å²) in [7, 11) is 3.31. The van der Waals surface area contributed by atoms with Crippen LogP contribution in [0, 0.1) is 16.6 Å². The minimum atomic E-state index is -1.03. The smallest absolute Gasteiger partial charge is 0.246 e. The Morgan fingerprint density at radius 1 is 0.703 bits per heavy atom. The first-order chi connectivity index (χ1) is 34.9. The third-order valence-electron chi connectivity index (χ3n) is 15.1. The summed E-state index contributed by atoms with van der Waals surface area (Å²) in [5.41, 5.74) is 2.73. The molecule has 1 unspecified atom stereocenters. The van der Waals surface area contributed by atoms with E-state index in [4.69, 9.17) is 0 Å². The second-order valence-corrected chi connectivity index (χ2v) is 22.6. The highest BCUT2D eigenvalue weighted by molar-refractivity contribution is 5.95. The molecule has 16 nitrogen and oxygen atoms in total. The number of carbonyl (C=O) groups excluding carboxylic acids is 7. The van der Waals surface area contributed by atoms with E-state index >= 15 is 9.18 Å². The Hall–Kier alpha value is -6.20. The molecule has 1 fully saturated rings. The fourth-order valence-corrected chi connectivity index (χ4v) is 10.4. The molecule has 1 aliphatic carbocycles. The maximum absolute atomic E-state index is 15.6. The second kappa shape index (κ2) is 24.4. The molecule has 1 saturated heterocycles. The molecule has 0 radical (unpaired) electrons. The van der Waals surface area contributed by atoms with Gasteiger partial charge in [0.15, 0.2) is 0 Å². The number of halogens is 1. The van der Waals surface area contributed by atoms with Gasteiger partial charge >= 0.3 is 0 Å². The topological polar surface area (TPSA) is 201 Å². The van der Waals surface area contributed by atoms with Crippen LogP contribution in [-0.4, -0.2) is 126 Å². The number of likely N-dealkylation sites (tertiary alicyclic amines) is 1. The summed E-state index contributed by atoms with van der Waals surface area (Å²) in [5, 5.41) is 18.0. The van der Waals surface area contributed by atoms with E-state index in [-0.39, 0.29) is 80.6 Å². The molecule has 402 valence electrons. The minimum Gasteiger partial charge on any atom is -0.351 e. The number of likely N-dealkylation sites (N-methyl/N-ethyl adjacent to an activating group) is 2. The van der Waals surface area contributed by atoms with Crippen LogP contribution in [0.1, 0.15) is 134 Å². The molecule has 2 aliphatic heterocycles.